The van der Waals surface area contributed by atoms with Gasteiger partial charge in [-0.2, -0.15) is 0 Å². The third-order valence-electron chi connectivity index (χ3n) is 4.78. The van der Waals surface area contributed by atoms with Gasteiger partial charge in [-0.25, -0.2) is 14.2 Å². The van der Waals surface area contributed by atoms with E-state index >= 15 is 0 Å². The van der Waals surface area contributed by atoms with E-state index in [1.807, 2.05) is 6.07 Å². The Labute approximate surface area is 139 Å². The third-order valence-corrected chi connectivity index (χ3v) is 4.78. The van der Waals surface area contributed by atoms with Crippen LogP contribution < -0.4 is 4.74 Å². The van der Waals surface area contributed by atoms with E-state index in [1.54, 1.807) is 18.3 Å². The highest BCUT2D eigenvalue weighted by Gasteiger charge is 2.27. The molecule has 1 atom stereocenters. The molecule has 6 heteroatoms. The predicted molar refractivity (Wildman–Crippen MR) is 86.9 cm³/mol. The molecule has 1 N–H and O–H groups in total. The van der Waals surface area contributed by atoms with Gasteiger partial charge in [0.1, 0.15) is 11.9 Å². The molecule has 2 aromatic rings. The number of carboxylic acid groups (broad SMARTS) is 1. The lowest BCUT2D eigenvalue weighted by Gasteiger charge is -2.30. The van der Waals surface area contributed by atoms with Gasteiger partial charge in [0.2, 0.25) is 5.88 Å². The molecule has 0 bridgehead atoms. The summed E-state index contributed by atoms with van der Waals surface area (Å²) in [5.74, 6) is 0.414. The van der Waals surface area contributed by atoms with Crippen LogP contribution in [0.2, 0.25) is 0 Å². The van der Waals surface area contributed by atoms with Gasteiger partial charge in [-0.1, -0.05) is 6.07 Å². The molecular weight excluding hydrogens is 311 g/mol. The number of hydrogen-bond donors (Lipinski definition) is 1. The summed E-state index contributed by atoms with van der Waals surface area (Å²) in [6.45, 7) is 0.798. The number of benzene rings is 1. The van der Waals surface area contributed by atoms with Gasteiger partial charge in [0, 0.05) is 12.7 Å². The predicted octanol–water partition coefficient (Wildman–Crippen LogP) is 3.77. The summed E-state index contributed by atoms with van der Waals surface area (Å²) in [6, 6.07) is 5.38. The summed E-state index contributed by atoms with van der Waals surface area (Å²) in [4.78, 5) is 16.6. The van der Waals surface area contributed by atoms with Crippen molar-refractivity contribution in [1.29, 1.82) is 0 Å². The van der Waals surface area contributed by atoms with Crippen molar-refractivity contribution >= 4 is 16.9 Å². The van der Waals surface area contributed by atoms with Crippen molar-refractivity contribution in [2.24, 2.45) is 0 Å². The second-order valence-corrected chi connectivity index (χ2v) is 6.60. The first-order chi connectivity index (χ1) is 11.6. The van der Waals surface area contributed by atoms with Gasteiger partial charge in [0.15, 0.2) is 0 Å². The second kappa shape index (κ2) is 5.92. The molecule has 1 aliphatic carbocycles. The molecule has 126 valence electrons. The topological polar surface area (TPSA) is 62.7 Å². The fourth-order valence-electron chi connectivity index (χ4n) is 3.36. The Kier molecular flexibility index (Phi) is 3.75. The molecule has 4 rings (SSSR count). The lowest BCUT2D eigenvalue weighted by Crippen LogP contribution is -2.43. The number of fused-ring (bicyclic) bond motifs is 1. The third kappa shape index (κ3) is 2.88. The van der Waals surface area contributed by atoms with E-state index in [1.165, 1.54) is 4.90 Å². The van der Waals surface area contributed by atoms with Gasteiger partial charge >= 0.3 is 6.09 Å². The molecule has 0 spiro atoms. The van der Waals surface area contributed by atoms with Crippen LogP contribution in [0.1, 0.15) is 37.2 Å². The SMILES string of the molecule is O=C(O)N1CCC[C@@H](Oc2nccc3cc(C4CC4)cc(F)c23)C1. The Morgan fingerprint density at radius 3 is 2.92 bits per heavy atom. The maximum atomic E-state index is 14.6. The van der Waals surface area contributed by atoms with Crippen LogP contribution in [0.25, 0.3) is 10.8 Å². The summed E-state index contributed by atoms with van der Waals surface area (Å²) in [6.07, 6.45) is 4.08. The maximum absolute atomic E-state index is 14.6. The van der Waals surface area contributed by atoms with Gasteiger partial charge in [-0.3, -0.25) is 0 Å². The highest BCUT2D eigenvalue weighted by atomic mass is 19.1. The summed E-state index contributed by atoms with van der Waals surface area (Å²) < 4.78 is 20.5. The zero-order chi connectivity index (χ0) is 16.7. The molecule has 24 heavy (non-hydrogen) atoms. The lowest BCUT2D eigenvalue weighted by molar-refractivity contribution is 0.0775. The van der Waals surface area contributed by atoms with Crippen LogP contribution in [-0.2, 0) is 0 Å². The lowest BCUT2D eigenvalue weighted by atomic mass is 10.0. The molecule has 2 aliphatic rings. The first kappa shape index (κ1) is 15.2. The van der Waals surface area contributed by atoms with Crippen molar-refractivity contribution in [2.75, 3.05) is 13.1 Å². The summed E-state index contributed by atoms with van der Waals surface area (Å²) in [5, 5.41) is 10.3. The number of rotatable bonds is 3. The van der Waals surface area contributed by atoms with Crippen molar-refractivity contribution in [3.63, 3.8) is 0 Å². The van der Waals surface area contributed by atoms with Crippen molar-refractivity contribution in [3.8, 4) is 5.88 Å². The van der Waals surface area contributed by atoms with Gasteiger partial charge in [0.05, 0.1) is 11.9 Å². The zero-order valence-corrected chi connectivity index (χ0v) is 13.2. The number of amides is 1. The van der Waals surface area contributed by atoms with E-state index in [0.717, 1.165) is 36.6 Å². The normalized spacial score (nSPS) is 21.0. The fraction of sp³-hybridized carbons (Fsp3) is 0.444. The maximum Gasteiger partial charge on any atom is 0.407 e. The van der Waals surface area contributed by atoms with Crippen molar-refractivity contribution < 1.29 is 19.0 Å². The van der Waals surface area contributed by atoms with Crippen LogP contribution in [0.5, 0.6) is 5.88 Å². The Morgan fingerprint density at radius 1 is 1.33 bits per heavy atom. The number of carbonyl (C=O) groups is 1. The summed E-state index contributed by atoms with van der Waals surface area (Å²) >= 11 is 0. The minimum atomic E-state index is -0.950. The van der Waals surface area contributed by atoms with Crippen LogP contribution in [-0.4, -0.2) is 40.3 Å². The molecule has 2 heterocycles. The van der Waals surface area contributed by atoms with Crippen LogP contribution >= 0.6 is 0 Å². The van der Waals surface area contributed by atoms with E-state index in [4.69, 9.17) is 9.84 Å². The highest BCUT2D eigenvalue weighted by Crippen LogP contribution is 2.42. The van der Waals surface area contributed by atoms with E-state index < -0.39 is 6.09 Å². The quantitative estimate of drug-likeness (QED) is 0.930. The standard InChI is InChI=1S/C18H19FN2O3/c19-15-9-13(11-3-4-11)8-12-5-6-20-17(16(12)15)24-14-2-1-7-21(10-14)18(22)23/h5-6,8-9,11,14H,1-4,7,10H2,(H,22,23)/t14-/m1/s1. The average molecular weight is 330 g/mol. The van der Waals surface area contributed by atoms with Gasteiger partial charge in [0.25, 0.3) is 0 Å². The molecule has 1 aromatic heterocycles. The second-order valence-electron chi connectivity index (χ2n) is 6.60. The van der Waals surface area contributed by atoms with Gasteiger partial charge in [-0.05, 0) is 54.7 Å². The molecule has 1 amide bonds. The van der Waals surface area contributed by atoms with E-state index in [0.29, 0.717) is 17.8 Å². The zero-order valence-electron chi connectivity index (χ0n) is 13.2. The summed E-state index contributed by atoms with van der Waals surface area (Å²) in [7, 11) is 0. The fourth-order valence-corrected chi connectivity index (χ4v) is 3.36. The van der Waals surface area contributed by atoms with Crippen molar-refractivity contribution in [2.45, 2.75) is 37.7 Å². The number of halogens is 1. The number of hydrogen-bond acceptors (Lipinski definition) is 3. The average Bonchev–Trinajstić information content (AvgIpc) is 3.40. The van der Waals surface area contributed by atoms with Crippen LogP contribution in [0, 0.1) is 5.82 Å². The number of ether oxygens (including phenoxy) is 1. The molecule has 1 aromatic carbocycles. The van der Waals surface area contributed by atoms with Gasteiger partial charge < -0.3 is 14.7 Å². The molecule has 2 fully saturated rings. The molecular formula is C18H19FN2O3. The van der Waals surface area contributed by atoms with Crippen molar-refractivity contribution in [3.05, 3.63) is 35.8 Å². The number of piperidine rings is 1. The Morgan fingerprint density at radius 2 is 2.17 bits per heavy atom. The molecule has 1 saturated heterocycles. The number of nitrogens with zero attached hydrogens (tertiary/aromatic N) is 2. The largest absolute Gasteiger partial charge is 0.472 e. The first-order valence-corrected chi connectivity index (χ1v) is 8.34. The molecule has 5 nitrogen and oxygen atoms in total. The number of likely N-dealkylation sites (tertiary alicyclic amines) is 1. The smallest absolute Gasteiger partial charge is 0.407 e. The van der Waals surface area contributed by atoms with Crippen LogP contribution in [0.4, 0.5) is 9.18 Å². The number of aromatic nitrogens is 1. The minimum absolute atomic E-state index is 0.254. The highest BCUT2D eigenvalue weighted by molar-refractivity contribution is 5.88. The first-order valence-electron chi connectivity index (χ1n) is 8.34. The molecule has 1 saturated carbocycles. The molecule has 0 radical (unpaired) electrons. The Hall–Kier alpha value is -2.37. The van der Waals surface area contributed by atoms with Crippen LogP contribution in [0.15, 0.2) is 24.4 Å². The summed E-state index contributed by atoms with van der Waals surface area (Å²) in [5.41, 5.74) is 1.03. The molecule has 0 unspecified atom stereocenters. The van der Waals surface area contributed by atoms with E-state index in [2.05, 4.69) is 4.98 Å². The number of pyridine rings is 1. The Bertz CT molecular complexity index is 791. The molecule has 1 aliphatic heterocycles. The van der Waals surface area contributed by atoms with E-state index in [9.17, 15) is 9.18 Å². The van der Waals surface area contributed by atoms with Crippen LogP contribution in [0.3, 0.4) is 0 Å². The minimum Gasteiger partial charge on any atom is -0.472 e. The van der Waals surface area contributed by atoms with Crippen molar-refractivity contribution in [1.82, 2.24) is 9.88 Å². The monoisotopic (exact) mass is 330 g/mol. The Balaban J connectivity index is 1.63. The van der Waals surface area contributed by atoms with E-state index in [-0.39, 0.29) is 24.3 Å². The van der Waals surface area contributed by atoms with Gasteiger partial charge in [-0.15, -0.1) is 0 Å².